The van der Waals surface area contributed by atoms with Crippen LogP contribution in [0.25, 0.3) is 0 Å². The molecule has 0 aliphatic heterocycles. The van der Waals surface area contributed by atoms with Gasteiger partial charge in [-0.3, -0.25) is 9.79 Å². The van der Waals surface area contributed by atoms with E-state index in [1.165, 1.54) is 5.56 Å². The van der Waals surface area contributed by atoms with E-state index in [4.69, 9.17) is 10.5 Å². The van der Waals surface area contributed by atoms with Crippen LogP contribution in [0.15, 0.2) is 29.3 Å². The third kappa shape index (κ3) is 7.34. The van der Waals surface area contributed by atoms with Gasteiger partial charge in [0, 0.05) is 18.7 Å². The second-order valence-corrected chi connectivity index (χ2v) is 5.09. The lowest BCUT2D eigenvalue weighted by molar-refractivity contribution is -0.147. The van der Waals surface area contributed by atoms with Crippen LogP contribution in [0.2, 0.25) is 0 Å². The topological polar surface area (TPSA) is 76.7 Å². The van der Waals surface area contributed by atoms with Crippen molar-refractivity contribution in [2.45, 2.75) is 46.1 Å². The zero-order valence-electron chi connectivity index (χ0n) is 13.1. The molecule has 5 nitrogen and oxygen atoms in total. The van der Waals surface area contributed by atoms with Crippen molar-refractivity contribution < 1.29 is 9.53 Å². The first-order chi connectivity index (χ1) is 10.0. The molecule has 1 rings (SSSR count). The maximum Gasteiger partial charge on any atom is 0.306 e. The molecule has 0 heterocycles. The van der Waals surface area contributed by atoms with Gasteiger partial charge >= 0.3 is 5.97 Å². The fraction of sp³-hybridized carbons (Fsp3) is 0.500. The van der Waals surface area contributed by atoms with Gasteiger partial charge in [-0.1, -0.05) is 19.1 Å². The van der Waals surface area contributed by atoms with Gasteiger partial charge in [0.1, 0.15) is 0 Å². The number of nitrogens with one attached hydrogen (secondary N) is 1. The van der Waals surface area contributed by atoms with Crippen LogP contribution in [0.3, 0.4) is 0 Å². The van der Waals surface area contributed by atoms with Gasteiger partial charge in [-0.2, -0.15) is 0 Å². The Morgan fingerprint density at radius 1 is 1.43 bits per heavy atom. The van der Waals surface area contributed by atoms with Crippen molar-refractivity contribution in [2.24, 2.45) is 10.7 Å². The number of hydrogen-bond acceptors (Lipinski definition) is 3. The lowest BCUT2D eigenvalue weighted by atomic mass is 10.1. The highest BCUT2D eigenvalue weighted by Crippen LogP contribution is 2.10. The van der Waals surface area contributed by atoms with Crippen molar-refractivity contribution in [1.82, 2.24) is 0 Å². The summed E-state index contributed by atoms with van der Waals surface area (Å²) in [5.74, 6) is 0.169. The van der Waals surface area contributed by atoms with Crippen LogP contribution >= 0.6 is 0 Å². The number of benzene rings is 1. The van der Waals surface area contributed by atoms with Crippen molar-refractivity contribution in [3.63, 3.8) is 0 Å². The highest BCUT2D eigenvalue weighted by molar-refractivity contribution is 5.92. The zero-order valence-corrected chi connectivity index (χ0v) is 13.1. The Hall–Kier alpha value is -2.04. The van der Waals surface area contributed by atoms with E-state index >= 15 is 0 Å². The van der Waals surface area contributed by atoms with E-state index in [2.05, 4.69) is 23.3 Å². The predicted molar refractivity (Wildman–Crippen MR) is 86.4 cm³/mol. The minimum atomic E-state index is -0.192. The van der Waals surface area contributed by atoms with Gasteiger partial charge in [0.2, 0.25) is 0 Å². The number of anilines is 1. The summed E-state index contributed by atoms with van der Waals surface area (Å²) in [5, 5.41) is 3.05. The van der Waals surface area contributed by atoms with Gasteiger partial charge in [-0.25, -0.2) is 0 Å². The number of esters is 1. The van der Waals surface area contributed by atoms with Crippen LogP contribution in [0.1, 0.15) is 39.2 Å². The van der Waals surface area contributed by atoms with E-state index in [1.807, 2.05) is 32.0 Å². The minimum absolute atomic E-state index is 0.0708. The second kappa shape index (κ2) is 9.00. The molecule has 1 aromatic rings. The summed E-state index contributed by atoms with van der Waals surface area (Å²) < 4.78 is 5.04. The van der Waals surface area contributed by atoms with Crippen molar-refractivity contribution in [1.29, 1.82) is 0 Å². The number of hydrogen-bond donors (Lipinski definition) is 2. The first-order valence-electron chi connectivity index (χ1n) is 7.36. The lowest BCUT2D eigenvalue weighted by Crippen LogP contribution is -2.23. The Kier molecular flexibility index (Phi) is 7.29. The third-order valence-electron chi connectivity index (χ3n) is 2.80. The predicted octanol–water partition coefficient (Wildman–Crippen LogP) is 2.71. The molecule has 0 unspecified atom stereocenters. The summed E-state index contributed by atoms with van der Waals surface area (Å²) >= 11 is 0. The van der Waals surface area contributed by atoms with Gasteiger partial charge in [-0.05, 0) is 44.4 Å². The molecule has 0 bridgehead atoms. The number of aliphatic imine (C=N–C) groups is 1. The standard InChI is InChI=1S/C16H25N3O2/c1-4-13-7-5-8-14(11-13)19-16(17)18-10-6-9-15(20)21-12(2)3/h5,7-8,11-12H,4,6,9-10H2,1-3H3,(H3,17,18,19). The van der Waals surface area contributed by atoms with E-state index in [0.717, 1.165) is 12.1 Å². The number of rotatable bonds is 7. The van der Waals surface area contributed by atoms with Gasteiger partial charge in [0.15, 0.2) is 5.96 Å². The Balaban J connectivity index is 2.34. The molecule has 5 heteroatoms. The maximum atomic E-state index is 11.3. The summed E-state index contributed by atoms with van der Waals surface area (Å²) in [5.41, 5.74) is 7.98. The maximum absolute atomic E-state index is 11.3. The van der Waals surface area contributed by atoms with E-state index < -0.39 is 0 Å². The molecule has 0 amide bonds. The van der Waals surface area contributed by atoms with Gasteiger partial charge in [-0.15, -0.1) is 0 Å². The van der Waals surface area contributed by atoms with Crippen LogP contribution in [0.5, 0.6) is 0 Å². The number of guanidine groups is 1. The molecule has 0 aromatic heterocycles. The molecule has 3 N–H and O–H groups in total. The fourth-order valence-corrected chi connectivity index (χ4v) is 1.80. The van der Waals surface area contributed by atoms with Crippen molar-refractivity contribution >= 4 is 17.6 Å². The number of aryl methyl sites for hydroxylation is 1. The first kappa shape index (κ1) is 17.0. The lowest BCUT2D eigenvalue weighted by Gasteiger charge is -2.08. The van der Waals surface area contributed by atoms with Gasteiger partial charge < -0.3 is 15.8 Å². The SMILES string of the molecule is CCc1cccc(NC(N)=NCCCC(=O)OC(C)C)c1. The second-order valence-electron chi connectivity index (χ2n) is 5.09. The third-order valence-corrected chi connectivity index (χ3v) is 2.80. The molecular formula is C16H25N3O2. The summed E-state index contributed by atoms with van der Waals surface area (Å²) in [6.07, 6.45) is 1.90. The Labute approximate surface area is 126 Å². The quantitative estimate of drug-likeness (QED) is 0.350. The van der Waals surface area contributed by atoms with E-state index in [0.29, 0.717) is 25.3 Å². The average molecular weight is 291 g/mol. The minimum Gasteiger partial charge on any atom is -0.463 e. The average Bonchev–Trinajstić information content (AvgIpc) is 2.43. The van der Waals surface area contributed by atoms with Crippen LogP contribution in [-0.2, 0) is 16.0 Å². The molecule has 0 spiro atoms. The Bertz CT molecular complexity index is 484. The molecule has 21 heavy (non-hydrogen) atoms. The summed E-state index contributed by atoms with van der Waals surface area (Å²) in [7, 11) is 0. The van der Waals surface area contributed by atoms with Crippen molar-refractivity contribution in [2.75, 3.05) is 11.9 Å². The molecule has 0 fully saturated rings. The number of nitrogens with two attached hydrogens (primary N) is 1. The van der Waals surface area contributed by atoms with Gasteiger partial charge in [0.05, 0.1) is 6.10 Å². The number of ether oxygens (including phenoxy) is 1. The molecule has 1 aromatic carbocycles. The summed E-state index contributed by atoms with van der Waals surface area (Å²) in [6.45, 7) is 6.27. The molecule has 0 saturated heterocycles. The van der Waals surface area contributed by atoms with E-state index in [9.17, 15) is 4.79 Å². The number of carbonyl (C=O) groups excluding carboxylic acids is 1. The smallest absolute Gasteiger partial charge is 0.306 e. The van der Waals surface area contributed by atoms with Crippen molar-refractivity contribution in [3.8, 4) is 0 Å². The summed E-state index contributed by atoms with van der Waals surface area (Å²) in [6, 6.07) is 8.04. The Morgan fingerprint density at radius 2 is 2.19 bits per heavy atom. The molecular weight excluding hydrogens is 266 g/mol. The van der Waals surface area contributed by atoms with Crippen LogP contribution in [0.4, 0.5) is 5.69 Å². The normalized spacial score (nSPS) is 11.5. The first-order valence-corrected chi connectivity index (χ1v) is 7.36. The van der Waals surface area contributed by atoms with Gasteiger partial charge in [0.25, 0.3) is 0 Å². The molecule has 0 aliphatic carbocycles. The summed E-state index contributed by atoms with van der Waals surface area (Å²) in [4.78, 5) is 15.5. The largest absolute Gasteiger partial charge is 0.463 e. The van der Waals surface area contributed by atoms with Crippen LogP contribution in [0, 0.1) is 0 Å². The Morgan fingerprint density at radius 3 is 2.86 bits per heavy atom. The van der Waals surface area contributed by atoms with Crippen LogP contribution < -0.4 is 11.1 Å². The fourth-order valence-electron chi connectivity index (χ4n) is 1.80. The molecule has 116 valence electrons. The highest BCUT2D eigenvalue weighted by Gasteiger charge is 2.04. The molecule has 0 aliphatic rings. The van der Waals surface area contributed by atoms with E-state index in [-0.39, 0.29) is 12.1 Å². The number of nitrogens with zero attached hydrogens (tertiary/aromatic N) is 1. The van der Waals surface area contributed by atoms with E-state index in [1.54, 1.807) is 0 Å². The number of carbonyl (C=O) groups is 1. The highest BCUT2D eigenvalue weighted by atomic mass is 16.5. The monoisotopic (exact) mass is 291 g/mol. The van der Waals surface area contributed by atoms with Crippen LogP contribution in [-0.4, -0.2) is 24.6 Å². The van der Waals surface area contributed by atoms with Crippen molar-refractivity contribution in [3.05, 3.63) is 29.8 Å². The zero-order chi connectivity index (χ0) is 15.7. The molecule has 0 saturated carbocycles. The molecule has 0 radical (unpaired) electrons. The molecule has 0 atom stereocenters.